The van der Waals surface area contributed by atoms with Gasteiger partial charge >= 0.3 is 0 Å². The van der Waals surface area contributed by atoms with Crippen LogP contribution in [0.2, 0.25) is 0 Å². The summed E-state index contributed by atoms with van der Waals surface area (Å²) in [5, 5.41) is 0. The van der Waals surface area contributed by atoms with Crippen molar-refractivity contribution >= 4 is 5.78 Å². The van der Waals surface area contributed by atoms with Gasteiger partial charge in [-0.2, -0.15) is 0 Å². The molecule has 0 radical (unpaired) electrons. The molecule has 0 aromatic heterocycles. The van der Waals surface area contributed by atoms with Crippen molar-refractivity contribution < 1.29 is 4.79 Å². The summed E-state index contributed by atoms with van der Waals surface area (Å²) in [6.07, 6.45) is 0.483. The molecule has 0 aliphatic rings. The lowest BCUT2D eigenvalue weighted by Crippen LogP contribution is -2.11. The minimum atomic E-state index is 0.223. The molecule has 0 spiro atoms. The third kappa shape index (κ3) is 2.67. The lowest BCUT2D eigenvalue weighted by atomic mass is 9.89. The third-order valence-corrected chi connectivity index (χ3v) is 4.26. The van der Waals surface area contributed by atoms with Crippen LogP contribution in [0.1, 0.15) is 43.7 Å². The standard InChI is InChI=1S/C19H22O/c1-12-8-6-7-9-17(12)11-18(20)19-15(4)13(2)10-14(3)16(19)5/h6-10H,11H2,1-5H3. The molecule has 2 aromatic rings. The molecule has 0 heterocycles. The van der Waals surface area contributed by atoms with Gasteiger partial charge in [-0.15, -0.1) is 0 Å². The number of Topliss-reactive ketones (excluding diaryl/α,β-unsaturated/α-hetero) is 1. The minimum Gasteiger partial charge on any atom is -0.294 e. The van der Waals surface area contributed by atoms with Crippen molar-refractivity contribution in [3.63, 3.8) is 0 Å². The molecule has 0 aliphatic heterocycles. The Morgan fingerprint density at radius 2 is 1.40 bits per heavy atom. The highest BCUT2D eigenvalue weighted by Gasteiger charge is 2.16. The van der Waals surface area contributed by atoms with E-state index in [-0.39, 0.29) is 5.78 Å². The molecular formula is C19H22O. The van der Waals surface area contributed by atoms with Crippen LogP contribution in [0, 0.1) is 34.6 Å². The number of carbonyl (C=O) groups excluding carboxylic acids is 1. The van der Waals surface area contributed by atoms with Crippen molar-refractivity contribution in [1.82, 2.24) is 0 Å². The van der Waals surface area contributed by atoms with E-state index in [0.717, 1.165) is 22.3 Å². The third-order valence-electron chi connectivity index (χ3n) is 4.26. The van der Waals surface area contributed by atoms with E-state index in [1.165, 1.54) is 16.7 Å². The molecule has 0 aliphatic carbocycles. The van der Waals surface area contributed by atoms with Gasteiger partial charge in [-0.3, -0.25) is 4.79 Å². The fourth-order valence-corrected chi connectivity index (χ4v) is 2.70. The Morgan fingerprint density at radius 3 is 1.95 bits per heavy atom. The number of hydrogen-bond acceptors (Lipinski definition) is 1. The van der Waals surface area contributed by atoms with Crippen LogP contribution in [0.4, 0.5) is 0 Å². The fraction of sp³-hybridized carbons (Fsp3) is 0.316. The van der Waals surface area contributed by atoms with Gasteiger partial charge in [-0.25, -0.2) is 0 Å². The highest BCUT2D eigenvalue weighted by Crippen LogP contribution is 2.23. The van der Waals surface area contributed by atoms with Gasteiger partial charge in [0, 0.05) is 12.0 Å². The molecule has 104 valence electrons. The van der Waals surface area contributed by atoms with E-state index in [0.29, 0.717) is 6.42 Å². The second-order valence-electron chi connectivity index (χ2n) is 5.66. The van der Waals surface area contributed by atoms with Crippen LogP contribution in [0.5, 0.6) is 0 Å². The van der Waals surface area contributed by atoms with Gasteiger partial charge in [0.05, 0.1) is 0 Å². The summed E-state index contributed by atoms with van der Waals surface area (Å²) in [6, 6.07) is 10.3. The van der Waals surface area contributed by atoms with Gasteiger partial charge in [0.15, 0.2) is 5.78 Å². The summed E-state index contributed by atoms with van der Waals surface area (Å²) in [5.74, 6) is 0.223. The maximum absolute atomic E-state index is 12.7. The summed E-state index contributed by atoms with van der Waals surface area (Å²) in [5.41, 5.74) is 7.84. The second-order valence-corrected chi connectivity index (χ2v) is 5.66. The molecule has 0 saturated heterocycles. The van der Waals surface area contributed by atoms with Gasteiger partial charge in [0.2, 0.25) is 0 Å². The van der Waals surface area contributed by atoms with Crippen molar-refractivity contribution in [1.29, 1.82) is 0 Å². The molecule has 1 nitrogen and oxygen atoms in total. The topological polar surface area (TPSA) is 17.1 Å². The normalized spacial score (nSPS) is 10.7. The Morgan fingerprint density at radius 1 is 0.850 bits per heavy atom. The van der Waals surface area contributed by atoms with Crippen LogP contribution in [0.25, 0.3) is 0 Å². The Labute approximate surface area is 121 Å². The first-order chi connectivity index (χ1) is 9.41. The molecule has 0 bridgehead atoms. The molecule has 0 amide bonds. The number of carbonyl (C=O) groups is 1. The van der Waals surface area contributed by atoms with Gasteiger partial charge in [0.25, 0.3) is 0 Å². The molecule has 0 saturated carbocycles. The van der Waals surface area contributed by atoms with Gasteiger partial charge in [-0.05, 0) is 68.0 Å². The Hall–Kier alpha value is -1.89. The number of rotatable bonds is 3. The van der Waals surface area contributed by atoms with Gasteiger partial charge < -0.3 is 0 Å². The monoisotopic (exact) mass is 266 g/mol. The smallest absolute Gasteiger partial charge is 0.167 e. The SMILES string of the molecule is Cc1ccccc1CC(=O)c1c(C)c(C)cc(C)c1C. The predicted molar refractivity (Wildman–Crippen MR) is 84.6 cm³/mol. The number of ketones is 1. The van der Waals surface area contributed by atoms with E-state index in [1.54, 1.807) is 0 Å². The molecule has 0 N–H and O–H groups in total. The first kappa shape index (κ1) is 14.5. The Balaban J connectivity index is 2.43. The first-order valence-electron chi connectivity index (χ1n) is 7.07. The molecular weight excluding hydrogens is 244 g/mol. The fourth-order valence-electron chi connectivity index (χ4n) is 2.70. The van der Waals surface area contributed by atoms with Crippen molar-refractivity contribution in [3.05, 3.63) is 69.3 Å². The largest absolute Gasteiger partial charge is 0.294 e. The highest BCUT2D eigenvalue weighted by molar-refractivity contribution is 6.00. The lowest BCUT2D eigenvalue weighted by molar-refractivity contribution is 0.0991. The van der Waals surface area contributed by atoms with Gasteiger partial charge in [0.1, 0.15) is 0 Å². The van der Waals surface area contributed by atoms with Crippen LogP contribution in [-0.2, 0) is 6.42 Å². The lowest BCUT2D eigenvalue weighted by Gasteiger charge is -2.15. The average molecular weight is 266 g/mol. The van der Waals surface area contributed by atoms with Crippen molar-refractivity contribution in [2.24, 2.45) is 0 Å². The summed E-state index contributed by atoms with van der Waals surface area (Å²) >= 11 is 0. The molecule has 20 heavy (non-hydrogen) atoms. The van der Waals surface area contributed by atoms with Crippen LogP contribution in [0.15, 0.2) is 30.3 Å². The van der Waals surface area contributed by atoms with E-state index in [9.17, 15) is 4.79 Å². The molecule has 0 fully saturated rings. The van der Waals surface area contributed by atoms with Crippen LogP contribution in [0.3, 0.4) is 0 Å². The van der Waals surface area contributed by atoms with Gasteiger partial charge in [-0.1, -0.05) is 30.3 Å². The summed E-state index contributed by atoms with van der Waals surface area (Å²) in [6.45, 7) is 10.3. The minimum absolute atomic E-state index is 0.223. The van der Waals surface area contributed by atoms with Crippen LogP contribution in [-0.4, -0.2) is 5.78 Å². The predicted octanol–water partition coefficient (Wildman–Crippen LogP) is 4.65. The first-order valence-corrected chi connectivity index (χ1v) is 7.07. The summed E-state index contributed by atoms with van der Waals surface area (Å²) in [4.78, 5) is 12.7. The highest BCUT2D eigenvalue weighted by atomic mass is 16.1. The molecule has 2 rings (SSSR count). The van der Waals surface area contributed by atoms with E-state index >= 15 is 0 Å². The maximum atomic E-state index is 12.7. The van der Waals surface area contributed by atoms with E-state index < -0.39 is 0 Å². The Bertz CT molecular complexity index is 639. The summed E-state index contributed by atoms with van der Waals surface area (Å²) in [7, 11) is 0. The van der Waals surface area contributed by atoms with E-state index in [2.05, 4.69) is 32.9 Å². The molecule has 0 atom stereocenters. The molecule has 2 aromatic carbocycles. The number of benzene rings is 2. The Kier molecular flexibility index (Phi) is 4.08. The van der Waals surface area contributed by atoms with Crippen molar-refractivity contribution in [2.75, 3.05) is 0 Å². The number of aryl methyl sites for hydroxylation is 3. The molecule has 1 heteroatoms. The van der Waals surface area contributed by atoms with Crippen molar-refractivity contribution in [3.8, 4) is 0 Å². The van der Waals surface area contributed by atoms with Crippen LogP contribution < -0.4 is 0 Å². The second kappa shape index (κ2) is 5.62. The average Bonchev–Trinajstić information content (AvgIpc) is 2.39. The number of hydrogen-bond donors (Lipinski definition) is 0. The maximum Gasteiger partial charge on any atom is 0.167 e. The van der Waals surface area contributed by atoms with E-state index in [1.807, 2.05) is 32.0 Å². The quantitative estimate of drug-likeness (QED) is 0.739. The zero-order valence-electron chi connectivity index (χ0n) is 13.0. The molecule has 0 unspecified atom stereocenters. The van der Waals surface area contributed by atoms with E-state index in [4.69, 9.17) is 0 Å². The summed E-state index contributed by atoms with van der Waals surface area (Å²) < 4.78 is 0. The zero-order valence-corrected chi connectivity index (χ0v) is 13.0. The zero-order chi connectivity index (χ0) is 14.9. The van der Waals surface area contributed by atoms with Crippen LogP contribution >= 0.6 is 0 Å². The van der Waals surface area contributed by atoms with Crippen molar-refractivity contribution in [2.45, 2.75) is 41.0 Å².